The molecule has 1 unspecified atom stereocenters. The van der Waals surface area contributed by atoms with Crippen molar-refractivity contribution in [1.82, 2.24) is 14.1 Å². The quantitative estimate of drug-likeness (QED) is 0.107. The third-order valence-electron chi connectivity index (χ3n) is 14.7. The van der Waals surface area contributed by atoms with Gasteiger partial charge in [0.1, 0.15) is 5.82 Å². The van der Waals surface area contributed by atoms with Crippen molar-refractivity contribution < 1.29 is 85.2 Å². The molecule has 2 aliphatic carbocycles. The Morgan fingerprint density at radius 2 is 1.32 bits per heavy atom. The molecule has 82 heavy (non-hydrogen) atoms. The van der Waals surface area contributed by atoms with Crippen molar-refractivity contribution >= 4 is 32.8 Å². The number of aryl methyl sites for hydroxylation is 1. The first-order valence-electron chi connectivity index (χ1n) is 45.6. The van der Waals surface area contributed by atoms with Crippen LogP contribution in [-0.4, -0.2) is 14.1 Å². The molecule has 0 bridgehead atoms. The predicted molar refractivity (Wildman–Crippen MR) is 335 cm³/mol. The van der Waals surface area contributed by atoms with E-state index in [0.29, 0.717) is 18.3 Å². The second kappa shape index (κ2) is 20.2. The van der Waals surface area contributed by atoms with Crippen LogP contribution in [0.2, 0.25) is 0 Å². The number of ether oxygens (including phenoxy) is 1. The van der Waals surface area contributed by atoms with E-state index in [4.69, 9.17) is 34.4 Å². The Kier molecular flexibility index (Phi) is 6.33. The first kappa shape index (κ1) is 25.7. The largest absolute Gasteiger partial charge is 0.510 e. The van der Waals surface area contributed by atoms with Gasteiger partial charge in [-0.25, -0.2) is 4.98 Å². The first-order valence-corrected chi connectivity index (χ1v) is 25.6. The minimum absolute atomic E-state index is 0. The van der Waals surface area contributed by atoms with Gasteiger partial charge in [-0.05, 0) is 168 Å². The van der Waals surface area contributed by atoms with Gasteiger partial charge < -0.3 is 13.9 Å². The summed E-state index contributed by atoms with van der Waals surface area (Å²) in [4.78, 5) is 4.76. The molecule has 2 aliphatic rings. The number of hydrogen-bond donors (Lipinski definition) is 0. The van der Waals surface area contributed by atoms with E-state index in [9.17, 15) is 30.2 Å². The van der Waals surface area contributed by atoms with Crippen LogP contribution in [-0.2, 0) is 48.1 Å². The zero-order chi connectivity index (χ0) is 90.6. The second-order valence-corrected chi connectivity index (χ2v) is 21.1. The molecule has 8 aromatic carbocycles. The van der Waals surface area contributed by atoms with Crippen molar-refractivity contribution in [2.24, 2.45) is 0 Å². The predicted octanol–water partition coefficient (Wildman–Crippen LogP) is 19.3. The zero-order valence-electron chi connectivity index (χ0n) is 84.2. The minimum atomic E-state index is -4.90. The summed E-state index contributed by atoms with van der Waals surface area (Å²) in [6, 6.07) is 27.5. The smallest absolute Gasteiger partial charge is 0.268 e. The third-order valence-corrected chi connectivity index (χ3v) is 14.7. The number of hydrogen-bond acceptors (Lipinski definition) is 2. The van der Waals surface area contributed by atoms with Crippen molar-refractivity contribution in [1.29, 1.82) is 0 Å². The van der Waals surface area contributed by atoms with Gasteiger partial charge in [-0.2, -0.15) is 18.2 Å². The SMILES string of the molecule is [2H]c1c([2H])c2c(c([2H])c1-c1cccc(-c3c([2H])c([2H])c4c(c3[2H])C(C([2H])([2H])[2H])(C([2H])([2H])[2H])C([2H])([2H])C([2H])([2H])C4(C([2H])([2H])[2H])C([2H])([2H])C)c1-[n+]1[c-]n(-c3[c-]c(Oc4[c-]c5c(cc4)c4ccccc4n5-c4cc(C(C)(C)C)ccn4)ccc3)c3cc(-c4ccccc4C([2H])([2H])[2H])ccc31)C(C([2H])([2H])[2H])(C([2H])([2H])[2H])C([2H])([2H])C([2H])([2H])C2(C([2H])([2H])[2H])C([2H])([2H])[2H].[Pt]. The molecule has 0 spiro atoms. The normalized spacial score (nSPS) is 28.1. The Labute approximate surface area is 556 Å². The van der Waals surface area contributed by atoms with E-state index in [0.717, 1.165) is 44.6 Å². The summed E-state index contributed by atoms with van der Waals surface area (Å²) >= 11 is 0. The molecule has 13 rings (SSSR count). The van der Waals surface area contributed by atoms with Crippen molar-refractivity contribution in [3.05, 3.63) is 222 Å². The Hall–Kier alpha value is -7.33. The molecule has 0 aliphatic heterocycles. The number of nitrogens with zero attached hydrogens (tertiary/aromatic N) is 4. The molecule has 5 nitrogen and oxygen atoms in total. The molecule has 0 amide bonds. The van der Waals surface area contributed by atoms with E-state index in [1.165, 1.54) is 65.2 Å². The average Bonchev–Trinajstić information content (AvgIpc) is 0.715. The first-order chi connectivity index (χ1) is 55.0. The molecule has 0 fully saturated rings. The standard InChI is InChI=1S/C76H74N4O.Pt/c1-13-76(12)40-39-75(10,11)65-43-51(29-34-63(65)76)59-26-19-25-58(50-28-33-62-64(42-50)74(8,9)38-37-73(62,6)7)71(59)79-48-78(69-44-52(30-35-67(69)79)57-23-15-14-20-49(57)2)54-21-18-22-55(46-54)81-56-31-32-61-60-24-16-17-27-66(60)80(68(61)47-56)70-45-53(36-41-77-70)72(3,4)5;/h14-36,41-45H,13,37-40H2,1-12H3;/q-2;/i2D3,6D3,7D3,8D3,9D3,10D3,11D3,12D3,13D2,28D,29D,33D,34D,37D2,38D2,39D2,40D2,42D,43D;. The molecule has 11 aromatic rings. The number of fused-ring (bicyclic) bond motifs is 6. The zero-order valence-corrected chi connectivity index (χ0v) is 46.5. The van der Waals surface area contributed by atoms with Crippen LogP contribution >= 0.6 is 0 Å². The maximum Gasteiger partial charge on any atom is 0.268 e. The summed E-state index contributed by atoms with van der Waals surface area (Å²) in [6.45, 7) is -28.2. The van der Waals surface area contributed by atoms with Gasteiger partial charge in [0, 0.05) is 90.9 Å². The van der Waals surface area contributed by atoms with E-state index in [-0.39, 0.29) is 71.4 Å². The Morgan fingerprint density at radius 1 is 0.646 bits per heavy atom. The van der Waals surface area contributed by atoms with Gasteiger partial charge in [0.2, 0.25) is 0 Å². The fourth-order valence-electron chi connectivity index (χ4n) is 10.5. The summed E-state index contributed by atoms with van der Waals surface area (Å²) in [5.74, 6) is 0.517. The van der Waals surface area contributed by atoms with Crippen molar-refractivity contribution in [3.63, 3.8) is 0 Å². The summed E-state index contributed by atoms with van der Waals surface area (Å²) in [5.41, 5.74) is -30.3. The van der Waals surface area contributed by atoms with Crippen LogP contribution < -0.4 is 9.30 Å². The van der Waals surface area contributed by atoms with Gasteiger partial charge in [0.25, 0.3) is 6.33 Å². The Balaban J connectivity index is 0.0000136. The Morgan fingerprint density at radius 3 is 2.05 bits per heavy atom. The number of benzene rings is 8. The van der Waals surface area contributed by atoms with E-state index in [2.05, 4.69) is 18.5 Å². The fraction of sp³-hybridized carbons (Fsp3) is 0.289. The van der Waals surface area contributed by atoms with E-state index in [1.54, 1.807) is 18.3 Å². The number of imidazole rings is 1. The molecule has 0 saturated carbocycles. The number of pyridine rings is 1. The van der Waals surface area contributed by atoms with Crippen molar-refractivity contribution in [2.75, 3.05) is 0 Å². The number of rotatable bonds is 9. The van der Waals surface area contributed by atoms with Gasteiger partial charge >= 0.3 is 0 Å². The molecular weight excluding hydrogens is 1180 g/mol. The fourth-order valence-corrected chi connectivity index (χ4v) is 10.5. The van der Waals surface area contributed by atoms with Gasteiger partial charge in [-0.1, -0.05) is 190 Å². The molecule has 3 heterocycles. The maximum atomic E-state index is 10.6. The molecule has 416 valence electrons. The van der Waals surface area contributed by atoms with Gasteiger partial charge in [0.05, 0.1) is 24.9 Å². The summed E-state index contributed by atoms with van der Waals surface area (Å²) in [7, 11) is 0. The molecule has 0 radical (unpaired) electrons. The number of para-hydroxylation sites is 2. The molecular formula is C76H74N4OPt-2. The number of aromatic nitrogens is 4. The van der Waals surface area contributed by atoms with Crippen molar-refractivity contribution in [2.45, 2.75) is 141 Å². The second-order valence-electron chi connectivity index (χ2n) is 21.1. The van der Waals surface area contributed by atoms with Crippen LogP contribution in [0.3, 0.4) is 0 Å². The minimum Gasteiger partial charge on any atom is -0.510 e. The van der Waals surface area contributed by atoms with Crippen LogP contribution in [0.4, 0.5) is 0 Å². The van der Waals surface area contributed by atoms with Gasteiger partial charge in [-0.15, -0.1) is 29.7 Å². The third kappa shape index (κ3) is 9.36. The van der Waals surface area contributed by atoms with Crippen molar-refractivity contribution in [3.8, 4) is 62.1 Å². The Bertz CT molecular complexity index is 5850. The van der Waals surface area contributed by atoms with E-state index >= 15 is 0 Å². The molecule has 0 saturated heterocycles. The average molecular weight is 1290 g/mol. The summed E-state index contributed by atoms with van der Waals surface area (Å²) in [6.07, 6.45) is -18.2. The summed E-state index contributed by atoms with van der Waals surface area (Å²) < 4.78 is 385. The molecule has 3 aromatic heterocycles. The van der Waals surface area contributed by atoms with Crippen LogP contribution in [0.25, 0.3) is 83.4 Å². The van der Waals surface area contributed by atoms with Crippen LogP contribution in [0.15, 0.2) is 170 Å². The monoisotopic (exact) mass is 1290 g/mol. The summed E-state index contributed by atoms with van der Waals surface area (Å²) in [5, 5.41) is 1.55. The van der Waals surface area contributed by atoms with Crippen LogP contribution in [0, 0.1) is 25.3 Å². The topological polar surface area (TPSA) is 35.9 Å². The van der Waals surface area contributed by atoms with Gasteiger partial charge in [0.15, 0.2) is 0 Å². The molecule has 0 N–H and O–H groups in total. The van der Waals surface area contributed by atoms with E-state index in [1.807, 2.05) is 61.7 Å². The molecule has 1 atom stereocenters. The van der Waals surface area contributed by atoms with Gasteiger partial charge in [-0.3, -0.25) is 4.57 Å². The molecule has 6 heteroatoms. The van der Waals surface area contributed by atoms with Crippen LogP contribution in [0.5, 0.6) is 11.5 Å². The maximum absolute atomic E-state index is 10.6. The van der Waals surface area contributed by atoms with Crippen LogP contribution in [0.1, 0.15) is 196 Å². The van der Waals surface area contributed by atoms with E-state index < -0.39 is 195 Å².